The molecule has 0 radical (unpaired) electrons. The van der Waals surface area contributed by atoms with Crippen molar-refractivity contribution in [1.82, 2.24) is 5.32 Å². The second kappa shape index (κ2) is 4.87. The Hall–Kier alpha value is -0.120. The van der Waals surface area contributed by atoms with E-state index in [1.165, 1.54) is 42.0 Å². The van der Waals surface area contributed by atoms with Crippen LogP contribution < -0.4 is 5.32 Å². The minimum Gasteiger partial charge on any atom is -0.308 e. The number of hydrogen-bond acceptors (Lipinski definition) is 3. The second-order valence-corrected chi connectivity index (χ2v) is 7.41. The van der Waals surface area contributed by atoms with E-state index in [2.05, 4.69) is 35.8 Å². The summed E-state index contributed by atoms with van der Waals surface area (Å²) in [4.78, 5) is 1.48. The lowest BCUT2D eigenvalue weighted by Gasteiger charge is -2.27. The third-order valence-electron chi connectivity index (χ3n) is 3.87. The average molecular weight is 265 g/mol. The summed E-state index contributed by atoms with van der Waals surface area (Å²) in [6.07, 6.45) is 6.31. The van der Waals surface area contributed by atoms with Gasteiger partial charge in [-0.25, -0.2) is 0 Å². The molecular weight excluding hydrogens is 246 g/mol. The zero-order valence-electron chi connectivity index (χ0n) is 10.2. The fourth-order valence-electron chi connectivity index (χ4n) is 2.46. The normalized spacial score (nSPS) is 25.4. The lowest BCUT2D eigenvalue weighted by atomic mass is 10.0. The van der Waals surface area contributed by atoms with Gasteiger partial charge in [0.2, 0.25) is 0 Å². The molecule has 1 aromatic carbocycles. The fourth-order valence-corrected chi connectivity index (χ4v) is 4.32. The Morgan fingerprint density at radius 2 is 2.24 bits per heavy atom. The van der Waals surface area contributed by atoms with E-state index in [9.17, 15) is 0 Å². The summed E-state index contributed by atoms with van der Waals surface area (Å²) < 4.78 is 0.569. The van der Waals surface area contributed by atoms with Crippen molar-refractivity contribution in [1.29, 1.82) is 0 Å². The Morgan fingerprint density at radius 3 is 3.00 bits per heavy atom. The summed E-state index contributed by atoms with van der Waals surface area (Å²) in [6, 6.07) is 9.45. The molecule has 92 valence electrons. The molecule has 1 N–H and O–H groups in total. The van der Waals surface area contributed by atoms with Gasteiger partial charge in [0.05, 0.1) is 0 Å². The van der Waals surface area contributed by atoms with Crippen LogP contribution in [0.2, 0.25) is 0 Å². The zero-order valence-corrected chi connectivity index (χ0v) is 11.9. The standard InChI is InChI=1S/C14H19NS2/c1-16-14(7-8-14)10-15-12-6-9-17-13-5-3-2-4-11(12)13/h2-5,12,15H,6-10H2,1H3. The first-order chi connectivity index (χ1) is 8.33. The molecule has 1 fully saturated rings. The Morgan fingerprint density at radius 1 is 1.41 bits per heavy atom. The smallest absolute Gasteiger partial charge is 0.0339 e. The van der Waals surface area contributed by atoms with Gasteiger partial charge in [-0.1, -0.05) is 18.2 Å². The molecule has 0 saturated heterocycles. The number of fused-ring (bicyclic) bond motifs is 1. The Balaban J connectivity index is 1.68. The molecule has 3 rings (SSSR count). The van der Waals surface area contributed by atoms with Gasteiger partial charge < -0.3 is 5.32 Å². The van der Waals surface area contributed by atoms with E-state index >= 15 is 0 Å². The third-order valence-corrected chi connectivity index (χ3v) is 6.41. The average Bonchev–Trinajstić information content (AvgIpc) is 3.17. The molecule has 0 bridgehead atoms. The van der Waals surface area contributed by atoms with Crippen LogP contribution in [0, 0.1) is 0 Å². The van der Waals surface area contributed by atoms with E-state index in [0.717, 1.165) is 0 Å². The summed E-state index contributed by atoms with van der Waals surface area (Å²) in [5.41, 5.74) is 1.51. The van der Waals surface area contributed by atoms with Crippen LogP contribution >= 0.6 is 23.5 Å². The van der Waals surface area contributed by atoms with Crippen molar-refractivity contribution in [2.45, 2.75) is 34.9 Å². The molecular formula is C14H19NS2. The van der Waals surface area contributed by atoms with Crippen molar-refractivity contribution in [2.75, 3.05) is 18.6 Å². The highest BCUT2D eigenvalue weighted by molar-refractivity contribution is 8.00. The third kappa shape index (κ3) is 2.51. The number of rotatable bonds is 4. The van der Waals surface area contributed by atoms with Gasteiger partial charge in [0.15, 0.2) is 0 Å². The van der Waals surface area contributed by atoms with Gasteiger partial charge in [0.25, 0.3) is 0 Å². The predicted molar refractivity (Wildman–Crippen MR) is 78.0 cm³/mol. The van der Waals surface area contributed by atoms with Gasteiger partial charge >= 0.3 is 0 Å². The molecule has 1 unspecified atom stereocenters. The summed E-state index contributed by atoms with van der Waals surface area (Å²) in [5.74, 6) is 1.25. The molecule has 2 aliphatic rings. The van der Waals surface area contributed by atoms with Crippen molar-refractivity contribution >= 4 is 23.5 Å². The molecule has 1 aliphatic heterocycles. The molecule has 1 aromatic rings. The second-order valence-electron chi connectivity index (χ2n) is 5.00. The molecule has 0 spiro atoms. The lowest BCUT2D eigenvalue weighted by molar-refractivity contribution is 0.505. The van der Waals surface area contributed by atoms with Crippen molar-refractivity contribution in [2.24, 2.45) is 0 Å². The van der Waals surface area contributed by atoms with Gasteiger partial charge in [0.1, 0.15) is 0 Å². The summed E-state index contributed by atoms with van der Waals surface area (Å²) in [7, 11) is 0. The first-order valence-electron chi connectivity index (χ1n) is 6.33. The van der Waals surface area contributed by atoms with Crippen molar-refractivity contribution in [3.8, 4) is 0 Å². The summed E-state index contributed by atoms with van der Waals surface area (Å²) >= 11 is 4.04. The highest BCUT2D eigenvalue weighted by Gasteiger charge is 2.42. The summed E-state index contributed by atoms with van der Waals surface area (Å²) in [5, 5.41) is 3.80. The van der Waals surface area contributed by atoms with Gasteiger partial charge in [0, 0.05) is 22.2 Å². The molecule has 1 heterocycles. The van der Waals surface area contributed by atoms with Gasteiger partial charge in [-0.2, -0.15) is 11.8 Å². The molecule has 17 heavy (non-hydrogen) atoms. The van der Waals surface area contributed by atoms with Gasteiger partial charge in [-0.15, -0.1) is 11.8 Å². The number of benzene rings is 1. The van der Waals surface area contributed by atoms with E-state index in [1.54, 1.807) is 0 Å². The van der Waals surface area contributed by atoms with Gasteiger partial charge in [-0.3, -0.25) is 0 Å². The number of nitrogens with one attached hydrogen (secondary N) is 1. The fraction of sp³-hybridized carbons (Fsp3) is 0.571. The topological polar surface area (TPSA) is 12.0 Å². The maximum Gasteiger partial charge on any atom is 0.0339 e. The van der Waals surface area contributed by atoms with Crippen LogP contribution in [-0.2, 0) is 0 Å². The van der Waals surface area contributed by atoms with E-state index in [4.69, 9.17) is 0 Å². The first kappa shape index (κ1) is 11.9. The van der Waals surface area contributed by atoms with Crippen molar-refractivity contribution in [3.05, 3.63) is 29.8 Å². The molecule has 1 saturated carbocycles. The van der Waals surface area contributed by atoms with E-state index in [1.807, 2.05) is 23.5 Å². The Bertz CT molecular complexity index is 401. The molecule has 0 aromatic heterocycles. The highest BCUT2D eigenvalue weighted by atomic mass is 32.2. The predicted octanol–water partition coefficient (Wildman–Crippen LogP) is 3.71. The molecule has 3 heteroatoms. The van der Waals surface area contributed by atoms with Crippen molar-refractivity contribution in [3.63, 3.8) is 0 Å². The minimum absolute atomic E-state index is 0.569. The Kier molecular flexibility index (Phi) is 3.42. The van der Waals surface area contributed by atoms with Crippen LogP contribution in [0.1, 0.15) is 30.9 Å². The first-order valence-corrected chi connectivity index (χ1v) is 8.54. The SMILES string of the molecule is CSC1(CNC2CCSc3ccccc32)CC1. The lowest BCUT2D eigenvalue weighted by Crippen LogP contribution is -2.31. The minimum atomic E-state index is 0.569. The summed E-state index contributed by atoms with van der Waals surface area (Å²) in [6.45, 7) is 1.18. The maximum absolute atomic E-state index is 3.80. The molecule has 1 atom stereocenters. The van der Waals surface area contributed by atoms with Crippen LogP contribution in [0.4, 0.5) is 0 Å². The highest BCUT2D eigenvalue weighted by Crippen LogP contribution is 2.47. The number of thioether (sulfide) groups is 2. The van der Waals surface area contributed by atoms with Gasteiger partial charge in [-0.05, 0) is 42.9 Å². The largest absolute Gasteiger partial charge is 0.308 e. The number of hydrogen-bond donors (Lipinski definition) is 1. The van der Waals surface area contributed by atoms with Crippen LogP contribution in [0.3, 0.4) is 0 Å². The quantitative estimate of drug-likeness (QED) is 0.891. The zero-order chi connectivity index (χ0) is 11.7. The van der Waals surface area contributed by atoms with Crippen LogP contribution in [-0.4, -0.2) is 23.3 Å². The monoisotopic (exact) mass is 265 g/mol. The molecule has 0 amide bonds. The van der Waals surface area contributed by atoms with E-state index < -0.39 is 0 Å². The van der Waals surface area contributed by atoms with E-state index in [0.29, 0.717) is 10.8 Å². The van der Waals surface area contributed by atoms with Crippen LogP contribution in [0.25, 0.3) is 0 Å². The molecule has 1 aliphatic carbocycles. The Labute approximate surface area is 112 Å². The van der Waals surface area contributed by atoms with Crippen molar-refractivity contribution < 1.29 is 0 Å². The van der Waals surface area contributed by atoms with Crippen LogP contribution in [0.15, 0.2) is 29.2 Å². The maximum atomic E-state index is 3.80. The van der Waals surface area contributed by atoms with E-state index in [-0.39, 0.29) is 0 Å². The molecule has 1 nitrogen and oxygen atoms in total. The van der Waals surface area contributed by atoms with Crippen LogP contribution in [0.5, 0.6) is 0 Å².